The quantitative estimate of drug-likeness (QED) is 0.530. The van der Waals surface area contributed by atoms with Crippen molar-refractivity contribution in [2.24, 2.45) is 17.8 Å². The van der Waals surface area contributed by atoms with E-state index < -0.39 is 0 Å². The standard InChI is InChI=1S/C17H33NO/c1-14(2)16-5-3-6-17(10-9-16)18-11-4-12-19-13-15-7-8-15/h14-18H,3-13H2,1-2H3. The third-order valence-electron chi connectivity index (χ3n) is 4.91. The summed E-state index contributed by atoms with van der Waals surface area (Å²) in [5.41, 5.74) is 0. The summed E-state index contributed by atoms with van der Waals surface area (Å²) < 4.78 is 5.68. The topological polar surface area (TPSA) is 21.3 Å². The highest BCUT2D eigenvalue weighted by atomic mass is 16.5. The lowest BCUT2D eigenvalue weighted by Gasteiger charge is -2.19. The van der Waals surface area contributed by atoms with Gasteiger partial charge in [0.1, 0.15) is 0 Å². The van der Waals surface area contributed by atoms with E-state index in [0.29, 0.717) is 0 Å². The van der Waals surface area contributed by atoms with Crippen LogP contribution in [0.5, 0.6) is 0 Å². The molecule has 0 spiro atoms. The van der Waals surface area contributed by atoms with Crippen molar-refractivity contribution in [2.45, 2.75) is 71.3 Å². The lowest BCUT2D eigenvalue weighted by molar-refractivity contribution is 0.121. The van der Waals surface area contributed by atoms with Crippen molar-refractivity contribution < 1.29 is 4.74 Å². The van der Waals surface area contributed by atoms with Crippen molar-refractivity contribution in [3.63, 3.8) is 0 Å². The Hall–Kier alpha value is -0.0800. The van der Waals surface area contributed by atoms with E-state index in [-0.39, 0.29) is 0 Å². The maximum atomic E-state index is 5.68. The molecule has 2 aliphatic rings. The summed E-state index contributed by atoms with van der Waals surface area (Å²) in [4.78, 5) is 0. The van der Waals surface area contributed by atoms with Gasteiger partial charge in [-0.05, 0) is 62.8 Å². The molecular weight excluding hydrogens is 234 g/mol. The van der Waals surface area contributed by atoms with Crippen molar-refractivity contribution in [3.8, 4) is 0 Å². The molecule has 0 saturated heterocycles. The number of hydrogen-bond acceptors (Lipinski definition) is 2. The van der Waals surface area contributed by atoms with Crippen LogP contribution in [0.15, 0.2) is 0 Å². The molecule has 2 heteroatoms. The summed E-state index contributed by atoms with van der Waals surface area (Å²) in [6.07, 6.45) is 11.0. The second-order valence-corrected chi connectivity index (χ2v) is 7.04. The molecule has 2 fully saturated rings. The molecule has 0 aliphatic heterocycles. The Balaban J connectivity index is 1.48. The third-order valence-corrected chi connectivity index (χ3v) is 4.91. The molecule has 0 aromatic heterocycles. The molecule has 0 amide bonds. The van der Waals surface area contributed by atoms with Gasteiger partial charge in [-0.3, -0.25) is 0 Å². The Labute approximate surface area is 119 Å². The van der Waals surface area contributed by atoms with Gasteiger partial charge in [-0.15, -0.1) is 0 Å². The molecule has 2 aliphatic carbocycles. The third kappa shape index (κ3) is 6.27. The van der Waals surface area contributed by atoms with Gasteiger partial charge in [0, 0.05) is 19.3 Å². The summed E-state index contributed by atoms with van der Waals surface area (Å²) in [5, 5.41) is 3.74. The first-order valence-electron chi connectivity index (χ1n) is 8.57. The van der Waals surface area contributed by atoms with Crippen molar-refractivity contribution in [1.29, 1.82) is 0 Å². The molecular formula is C17H33NO. The summed E-state index contributed by atoms with van der Waals surface area (Å²) in [7, 11) is 0. The molecule has 2 rings (SSSR count). The van der Waals surface area contributed by atoms with Crippen molar-refractivity contribution in [1.82, 2.24) is 5.32 Å². The molecule has 1 N–H and O–H groups in total. The predicted octanol–water partition coefficient (Wildman–Crippen LogP) is 4.00. The Kier molecular flexibility index (Phi) is 6.66. The van der Waals surface area contributed by atoms with Crippen LogP contribution in [0.3, 0.4) is 0 Å². The minimum absolute atomic E-state index is 0.771. The first-order valence-corrected chi connectivity index (χ1v) is 8.57. The highest BCUT2D eigenvalue weighted by Crippen LogP contribution is 2.29. The van der Waals surface area contributed by atoms with Crippen LogP contribution in [0, 0.1) is 17.8 Å². The summed E-state index contributed by atoms with van der Waals surface area (Å²) in [5.74, 6) is 2.74. The van der Waals surface area contributed by atoms with Crippen molar-refractivity contribution in [2.75, 3.05) is 19.8 Å². The van der Waals surface area contributed by atoms with E-state index in [1.54, 1.807) is 0 Å². The van der Waals surface area contributed by atoms with Crippen LogP contribution in [-0.2, 0) is 4.74 Å². The maximum Gasteiger partial charge on any atom is 0.0494 e. The molecule has 19 heavy (non-hydrogen) atoms. The number of ether oxygens (including phenoxy) is 1. The summed E-state index contributed by atoms with van der Waals surface area (Å²) in [6.45, 7) is 7.87. The molecule has 112 valence electrons. The lowest BCUT2D eigenvalue weighted by Crippen LogP contribution is -2.30. The van der Waals surface area contributed by atoms with Crippen LogP contribution >= 0.6 is 0 Å². The highest BCUT2D eigenvalue weighted by molar-refractivity contribution is 4.76. The van der Waals surface area contributed by atoms with Gasteiger partial charge in [-0.2, -0.15) is 0 Å². The molecule has 0 aromatic rings. The van der Waals surface area contributed by atoms with Gasteiger partial charge in [0.05, 0.1) is 0 Å². The molecule has 0 heterocycles. The smallest absolute Gasteiger partial charge is 0.0494 e. The molecule has 2 atom stereocenters. The van der Waals surface area contributed by atoms with Gasteiger partial charge in [0.25, 0.3) is 0 Å². The van der Waals surface area contributed by atoms with Crippen LogP contribution in [0.4, 0.5) is 0 Å². The SMILES string of the molecule is CC(C)C1CCCC(NCCCOCC2CC2)CC1. The van der Waals surface area contributed by atoms with E-state index in [1.165, 1.54) is 51.4 Å². The van der Waals surface area contributed by atoms with Gasteiger partial charge >= 0.3 is 0 Å². The second-order valence-electron chi connectivity index (χ2n) is 7.04. The molecule has 0 radical (unpaired) electrons. The van der Waals surface area contributed by atoms with Crippen LogP contribution in [0.2, 0.25) is 0 Å². The zero-order valence-corrected chi connectivity index (χ0v) is 13.0. The number of hydrogen-bond donors (Lipinski definition) is 1. The largest absolute Gasteiger partial charge is 0.381 e. The van der Waals surface area contributed by atoms with Crippen molar-refractivity contribution in [3.05, 3.63) is 0 Å². The first-order chi connectivity index (χ1) is 9.25. The van der Waals surface area contributed by atoms with E-state index in [1.807, 2.05) is 0 Å². The Morgan fingerprint density at radius 1 is 1.05 bits per heavy atom. The fourth-order valence-corrected chi connectivity index (χ4v) is 3.22. The van der Waals surface area contributed by atoms with E-state index in [0.717, 1.165) is 43.6 Å². The minimum atomic E-state index is 0.771. The fourth-order valence-electron chi connectivity index (χ4n) is 3.22. The van der Waals surface area contributed by atoms with E-state index in [9.17, 15) is 0 Å². The normalized spacial score (nSPS) is 28.6. The van der Waals surface area contributed by atoms with Gasteiger partial charge in [0.15, 0.2) is 0 Å². The van der Waals surface area contributed by atoms with Gasteiger partial charge < -0.3 is 10.1 Å². The van der Waals surface area contributed by atoms with E-state index in [2.05, 4.69) is 19.2 Å². The van der Waals surface area contributed by atoms with Crippen LogP contribution in [0.1, 0.15) is 65.2 Å². The van der Waals surface area contributed by atoms with Gasteiger partial charge in [0.2, 0.25) is 0 Å². The molecule has 0 aromatic carbocycles. The zero-order valence-electron chi connectivity index (χ0n) is 13.0. The van der Waals surface area contributed by atoms with Gasteiger partial charge in [-0.25, -0.2) is 0 Å². The molecule has 2 unspecified atom stereocenters. The number of rotatable bonds is 8. The Morgan fingerprint density at radius 3 is 2.63 bits per heavy atom. The second kappa shape index (κ2) is 8.26. The molecule has 2 saturated carbocycles. The van der Waals surface area contributed by atoms with Crippen LogP contribution in [0.25, 0.3) is 0 Å². The average Bonchev–Trinajstić information content (AvgIpc) is 3.20. The summed E-state index contributed by atoms with van der Waals surface area (Å²) >= 11 is 0. The lowest BCUT2D eigenvalue weighted by atomic mass is 9.89. The molecule has 2 nitrogen and oxygen atoms in total. The Bertz CT molecular complexity index is 237. The van der Waals surface area contributed by atoms with E-state index >= 15 is 0 Å². The van der Waals surface area contributed by atoms with Crippen molar-refractivity contribution >= 4 is 0 Å². The van der Waals surface area contributed by atoms with E-state index in [4.69, 9.17) is 4.74 Å². The molecule has 0 bridgehead atoms. The maximum absolute atomic E-state index is 5.68. The average molecular weight is 267 g/mol. The first kappa shape index (κ1) is 15.3. The number of nitrogens with one attached hydrogen (secondary N) is 1. The predicted molar refractivity (Wildman–Crippen MR) is 81.4 cm³/mol. The fraction of sp³-hybridized carbons (Fsp3) is 1.00. The minimum Gasteiger partial charge on any atom is -0.381 e. The van der Waals surface area contributed by atoms with Crippen LogP contribution in [-0.4, -0.2) is 25.8 Å². The highest BCUT2D eigenvalue weighted by Gasteiger charge is 2.21. The van der Waals surface area contributed by atoms with Crippen LogP contribution < -0.4 is 5.32 Å². The summed E-state index contributed by atoms with van der Waals surface area (Å²) in [6, 6.07) is 0.771. The monoisotopic (exact) mass is 267 g/mol. The van der Waals surface area contributed by atoms with Gasteiger partial charge in [-0.1, -0.05) is 26.7 Å². The Morgan fingerprint density at radius 2 is 1.89 bits per heavy atom. The zero-order chi connectivity index (χ0) is 13.5.